The zero-order valence-corrected chi connectivity index (χ0v) is 12.0. The summed E-state index contributed by atoms with van der Waals surface area (Å²) in [6.07, 6.45) is 0.305. The molecule has 0 spiro atoms. The molecule has 0 heterocycles. The summed E-state index contributed by atoms with van der Waals surface area (Å²) in [5.74, 6) is -0.182. The maximum atomic E-state index is 11.7. The van der Waals surface area contributed by atoms with E-state index in [4.69, 9.17) is 5.73 Å². The molecule has 3 N–H and O–H groups in total. The zero-order valence-electron chi connectivity index (χ0n) is 11.2. The van der Waals surface area contributed by atoms with Gasteiger partial charge < -0.3 is 16.0 Å². The highest BCUT2D eigenvalue weighted by Gasteiger charge is 2.07. The first-order chi connectivity index (χ1) is 8.54. The monoisotopic (exact) mass is 285 g/mol. The van der Waals surface area contributed by atoms with Gasteiger partial charge in [-0.25, -0.2) is 0 Å². The van der Waals surface area contributed by atoms with Gasteiger partial charge in [-0.05, 0) is 17.7 Å². The molecule has 1 rings (SSSR count). The predicted octanol–water partition coefficient (Wildman–Crippen LogP) is 0.775. The number of nitrogens with one attached hydrogen (secondary N) is 1. The maximum Gasteiger partial charge on any atom is 0.251 e. The van der Waals surface area contributed by atoms with Gasteiger partial charge in [-0.3, -0.25) is 9.59 Å². The molecule has 1 aromatic carbocycles. The van der Waals surface area contributed by atoms with Crippen LogP contribution in [-0.4, -0.2) is 37.4 Å². The minimum absolute atomic E-state index is 0. The number of carbonyl (C=O) groups is 2. The predicted molar refractivity (Wildman–Crippen MR) is 77.2 cm³/mol. The number of nitrogens with zero attached hydrogens (tertiary/aromatic N) is 1. The van der Waals surface area contributed by atoms with Crippen LogP contribution in [0.1, 0.15) is 22.3 Å². The van der Waals surface area contributed by atoms with E-state index < -0.39 is 0 Å². The highest BCUT2D eigenvalue weighted by Crippen LogP contribution is 2.03. The van der Waals surface area contributed by atoms with E-state index in [0.29, 0.717) is 25.1 Å². The molecule has 0 aliphatic heterocycles. The second-order valence-corrected chi connectivity index (χ2v) is 4.20. The van der Waals surface area contributed by atoms with Crippen LogP contribution in [0.25, 0.3) is 0 Å². The Morgan fingerprint density at radius 2 is 1.79 bits per heavy atom. The van der Waals surface area contributed by atoms with Crippen molar-refractivity contribution in [2.24, 2.45) is 5.73 Å². The SMILES string of the molecule is CN(C)C(=O)CCNC(=O)c1ccc(CN)cc1.Cl. The molecular weight excluding hydrogens is 266 g/mol. The molecule has 0 bridgehead atoms. The Hall–Kier alpha value is -1.59. The van der Waals surface area contributed by atoms with Gasteiger partial charge in [-0.15, -0.1) is 12.4 Å². The Bertz CT molecular complexity index is 418. The third kappa shape index (κ3) is 5.72. The summed E-state index contributed by atoms with van der Waals surface area (Å²) in [5, 5.41) is 2.70. The van der Waals surface area contributed by atoms with Crippen molar-refractivity contribution in [3.8, 4) is 0 Å². The molecule has 19 heavy (non-hydrogen) atoms. The van der Waals surface area contributed by atoms with Crippen molar-refractivity contribution < 1.29 is 9.59 Å². The number of carbonyl (C=O) groups excluding carboxylic acids is 2. The second-order valence-electron chi connectivity index (χ2n) is 4.20. The summed E-state index contributed by atoms with van der Waals surface area (Å²) in [4.78, 5) is 24.5. The third-order valence-electron chi connectivity index (χ3n) is 2.58. The summed E-state index contributed by atoms with van der Waals surface area (Å²) in [6, 6.07) is 7.09. The first-order valence-corrected chi connectivity index (χ1v) is 5.82. The van der Waals surface area contributed by atoms with Crippen LogP contribution in [0.2, 0.25) is 0 Å². The van der Waals surface area contributed by atoms with Crippen molar-refractivity contribution in [3.63, 3.8) is 0 Å². The van der Waals surface area contributed by atoms with Crippen LogP contribution in [0.4, 0.5) is 0 Å². The van der Waals surface area contributed by atoms with Crippen molar-refractivity contribution in [2.75, 3.05) is 20.6 Å². The molecule has 0 saturated heterocycles. The van der Waals surface area contributed by atoms with Crippen molar-refractivity contribution in [2.45, 2.75) is 13.0 Å². The molecule has 0 aromatic heterocycles. The van der Waals surface area contributed by atoms with Crippen LogP contribution in [0.15, 0.2) is 24.3 Å². The van der Waals surface area contributed by atoms with Crippen molar-refractivity contribution in [1.82, 2.24) is 10.2 Å². The first kappa shape index (κ1) is 17.4. The lowest BCUT2D eigenvalue weighted by Crippen LogP contribution is -2.30. The molecule has 6 heteroatoms. The molecule has 5 nitrogen and oxygen atoms in total. The average Bonchev–Trinajstić information content (AvgIpc) is 2.38. The molecule has 0 radical (unpaired) electrons. The van der Waals surface area contributed by atoms with E-state index in [9.17, 15) is 9.59 Å². The number of hydrogen-bond donors (Lipinski definition) is 2. The van der Waals surface area contributed by atoms with Crippen molar-refractivity contribution in [3.05, 3.63) is 35.4 Å². The number of amides is 2. The van der Waals surface area contributed by atoms with Gasteiger partial charge in [0.1, 0.15) is 0 Å². The van der Waals surface area contributed by atoms with E-state index in [2.05, 4.69) is 5.32 Å². The number of hydrogen-bond acceptors (Lipinski definition) is 3. The van der Waals surface area contributed by atoms with Gasteiger partial charge >= 0.3 is 0 Å². The van der Waals surface area contributed by atoms with Crippen LogP contribution in [0, 0.1) is 0 Å². The zero-order chi connectivity index (χ0) is 13.5. The molecule has 2 amide bonds. The second kappa shape index (κ2) is 8.50. The van der Waals surface area contributed by atoms with Gasteiger partial charge in [0.15, 0.2) is 0 Å². The van der Waals surface area contributed by atoms with Crippen LogP contribution in [0.5, 0.6) is 0 Å². The highest BCUT2D eigenvalue weighted by molar-refractivity contribution is 5.94. The van der Waals surface area contributed by atoms with Gasteiger partial charge in [0.2, 0.25) is 5.91 Å². The van der Waals surface area contributed by atoms with E-state index in [1.165, 1.54) is 4.90 Å². The Morgan fingerprint density at radius 1 is 1.21 bits per heavy atom. The third-order valence-corrected chi connectivity index (χ3v) is 2.58. The smallest absolute Gasteiger partial charge is 0.251 e. The lowest BCUT2D eigenvalue weighted by Gasteiger charge is -2.10. The Kier molecular flexibility index (Phi) is 7.79. The van der Waals surface area contributed by atoms with Crippen molar-refractivity contribution in [1.29, 1.82) is 0 Å². The number of benzene rings is 1. The maximum absolute atomic E-state index is 11.7. The molecule has 0 aliphatic carbocycles. The number of nitrogens with two attached hydrogens (primary N) is 1. The largest absolute Gasteiger partial charge is 0.352 e. The molecule has 0 atom stereocenters. The molecule has 0 saturated carbocycles. The summed E-state index contributed by atoms with van der Waals surface area (Å²) in [6.45, 7) is 0.799. The summed E-state index contributed by atoms with van der Waals surface area (Å²) >= 11 is 0. The van der Waals surface area contributed by atoms with Crippen LogP contribution < -0.4 is 11.1 Å². The molecule has 0 fully saturated rings. The molecule has 0 aliphatic rings. The fourth-order valence-corrected chi connectivity index (χ4v) is 1.40. The van der Waals surface area contributed by atoms with Crippen molar-refractivity contribution >= 4 is 24.2 Å². The van der Waals surface area contributed by atoms with E-state index in [1.807, 2.05) is 12.1 Å². The fourth-order valence-electron chi connectivity index (χ4n) is 1.40. The lowest BCUT2D eigenvalue weighted by atomic mass is 10.1. The van der Waals surface area contributed by atoms with Gasteiger partial charge in [-0.1, -0.05) is 12.1 Å². The topological polar surface area (TPSA) is 75.4 Å². The van der Waals surface area contributed by atoms with Gasteiger partial charge in [0.25, 0.3) is 5.91 Å². The summed E-state index contributed by atoms with van der Waals surface area (Å²) in [7, 11) is 3.38. The molecule has 1 aromatic rings. The minimum Gasteiger partial charge on any atom is -0.352 e. The summed E-state index contributed by atoms with van der Waals surface area (Å²) < 4.78 is 0. The van der Waals surface area contributed by atoms with Gasteiger partial charge in [0, 0.05) is 39.2 Å². The normalized spacial score (nSPS) is 9.42. The van der Waals surface area contributed by atoms with Crippen LogP contribution >= 0.6 is 12.4 Å². The Balaban J connectivity index is 0.00000324. The fraction of sp³-hybridized carbons (Fsp3) is 0.385. The molecule has 0 unspecified atom stereocenters. The number of halogens is 1. The van der Waals surface area contributed by atoms with Crippen LogP contribution in [0.3, 0.4) is 0 Å². The van der Waals surface area contributed by atoms with E-state index in [-0.39, 0.29) is 24.2 Å². The van der Waals surface area contributed by atoms with E-state index in [1.54, 1.807) is 26.2 Å². The quantitative estimate of drug-likeness (QED) is 0.839. The summed E-state index contributed by atoms with van der Waals surface area (Å²) in [5.41, 5.74) is 7.03. The van der Waals surface area contributed by atoms with Gasteiger partial charge in [0.05, 0.1) is 0 Å². The number of rotatable bonds is 5. The highest BCUT2D eigenvalue weighted by atomic mass is 35.5. The lowest BCUT2D eigenvalue weighted by molar-refractivity contribution is -0.128. The van der Waals surface area contributed by atoms with E-state index in [0.717, 1.165) is 5.56 Å². The Morgan fingerprint density at radius 3 is 2.26 bits per heavy atom. The van der Waals surface area contributed by atoms with Gasteiger partial charge in [-0.2, -0.15) is 0 Å². The first-order valence-electron chi connectivity index (χ1n) is 5.82. The van der Waals surface area contributed by atoms with E-state index >= 15 is 0 Å². The minimum atomic E-state index is -0.176. The Labute approximate surface area is 119 Å². The standard InChI is InChI=1S/C13H19N3O2.ClH/c1-16(2)12(17)7-8-15-13(18)11-5-3-10(9-14)4-6-11;/h3-6H,7-9,14H2,1-2H3,(H,15,18);1H. The average molecular weight is 286 g/mol. The van der Waals surface area contributed by atoms with Crippen LogP contribution in [-0.2, 0) is 11.3 Å². The molecular formula is C13H20ClN3O2. The molecule has 106 valence electrons.